The SMILES string of the molecule is CCC(C)(OC)C(NC)c1cccc(Cl)c1. The van der Waals surface area contributed by atoms with Crippen LogP contribution in [-0.4, -0.2) is 19.8 Å². The maximum absolute atomic E-state index is 6.01. The van der Waals surface area contributed by atoms with Crippen molar-refractivity contribution in [3.8, 4) is 0 Å². The van der Waals surface area contributed by atoms with Gasteiger partial charge in [-0.3, -0.25) is 0 Å². The van der Waals surface area contributed by atoms with Gasteiger partial charge in [0.2, 0.25) is 0 Å². The Kier molecular flexibility index (Phi) is 4.78. The summed E-state index contributed by atoms with van der Waals surface area (Å²) in [5.74, 6) is 0. The van der Waals surface area contributed by atoms with Gasteiger partial charge in [-0.1, -0.05) is 30.7 Å². The highest BCUT2D eigenvalue weighted by Crippen LogP contribution is 2.32. The number of rotatable bonds is 5. The first-order valence-corrected chi connectivity index (χ1v) is 5.93. The maximum atomic E-state index is 6.01. The first-order valence-electron chi connectivity index (χ1n) is 5.55. The second-order valence-electron chi connectivity index (χ2n) is 4.15. The van der Waals surface area contributed by atoms with Crippen LogP contribution in [0.4, 0.5) is 0 Å². The predicted molar refractivity (Wildman–Crippen MR) is 69.0 cm³/mol. The molecule has 2 unspecified atom stereocenters. The molecule has 0 heterocycles. The minimum Gasteiger partial charge on any atom is -0.377 e. The van der Waals surface area contributed by atoms with Crippen LogP contribution in [0.3, 0.4) is 0 Å². The second kappa shape index (κ2) is 5.67. The smallest absolute Gasteiger partial charge is 0.0841 e. The zero-order valence-corrected chi connectivity index (χ0v) is 11.1. The molecule has 0 aliphatic heterocycles. The number of hydrogen-bond acceptors (Lipinski definition) is 2. The molecule has 0 aliphatic carbocycles. The van der Waals surface area contributed by atoms with Crippen molar-refractivity contribution in [1.82, 2.24) is 5.32 Å². The summed E-state index contributed by atoms with van der Waals surface area (Å²) in [6.45, 7) is 4.23. The van der Waals surface area contributed by atoms with E-state index in [1.165, 1.54) is 0 Å². The lowest BCUT2D eigenvalue weighted by atomic mass is 9.88. The second-order valence-corrected chi connectivity index (χ2v) is 4.58. The van der Waals surface area contributed by atoms with Gasteiger partial charge in [0, 0.05) is 12.1 Å². The number of hydrogen-bond donors (Lipinski definition) is 1. The van der Waals surface area contributed by atoms with E-state index in [0.29, 0.717) is 0 Å². The van der Waals surface area contributed by atoms with Crippen molar-refractivity contribution in [1.29, 1.82) is 0 Å². The Labute approximate surface area is 103 Å². The molecule has 0 saturated carbocycles. The van der Waals surface area contributed by atoms with Crippen LogP contribution in [0.15, 0.2) is 24.3 Å². The molecular weight excluding hydrogens is 222 g/mol. The summed E-state index contributed by atoms with van der Waals surface area (Å²) in [6.07, 6.45) is 0.932. The molecule has 2 atom stereocenters. The molecule has 16 heavy (non-hydrogen) atoms. The molecule has 90 valence electrons. The van der Waals surface area contributed by atoms with Crippen LogP contribution in [0.2, 0.25) is 5.02 Å². The highest BCUT2D eigenvalue weighted by molar-refractivity contribution is 6.30. The van der Waals surface area contributed by atoms with Crippen LogP contribution in [0.5, 0.6) is 0 Å². The van der Waals surface area contributed by atoms with Crippen molar-refractivity contribution < 1.29 is 4.74 Å². The van der Waals surface area contributed by atoms with Crippen LogP contribution in [0.25, 0.3) is 0 Å². The van der Waals surface area contributed by atoms with E-state index in [9.17, 15) is 0 Å². The third kappa shape index (κ3) is 2.76. The summed E-state index contributed by atoms with van der Waals surface area (Å²) in [5, 5.41) is 4.06. The van der Waals surface area contributed by atoms with Crippen LogP contribution < -0.4 is 5.32 Å². The maximum Gasteiger partial charge on any atom is 0.0841 e. The summed E-state index contributed by atoms with van der Waals surface area (Å²) in [7, 11) is 3.69. The summed E-state index contributed by atoms with van der Waals surface area (Å²) in [5.41, 5.74) is 0.931. The molecule has 0 saturated heterocycles. The zero-order valence-electron chi connectivity index (χ0n) is 10.4. The van der Waals surface area contributed by atoms with E-state index in [4.69, 9.17) is 16.3 Å². The molecule has 1 aromatic carbocycles. The van der Waals surface area contributed by atoms with Gasteiger partial charge in [-0.15, -0.1) is 0 Å². The molecule has 0 amide bonds. The summed E-state index contributed by atoms with van der Waals surface area (Å²) in [4.78, 5) is 0. The normalized spacial score (nSPS) is 16.8. The van der Waals surface area contributed by atoms with E-state index in [0.717, 1.165) is 17.0 Å². The molecule has 1 aromatic rings. The van der Waals surface area contributed by atoms with E-state index >= 15 is 0 Å². The van der Waals surface area contributed by atoms with Crippen molar-refractivity contribution in [3.63, 3.8) is 0 Å². The molecule has 0 spiro atoms. The highest BCUT2D eigenvalue weighted by atomic mass is 35.5. The van der Waals surface area contributed by atoms with Crippen molar-refractivity contribution in [2.75, 3.05) is 14.2 Å². The molecule has 2 nitrogen and oxygen atoms in total. The van der Waals surface area contributed by atoms with Gasteiger partial charge in [0.05, 0.1) is 11.6 Å². The van der Waals surface area contributed by atoms with Gasteiger partial charge in [-0.25, -0.2) is 0 Å². The van der Waals surface area contributed by atoms with Gasteiger partial charge in [0.25, 0.3) is 0 Å². The van der Waals surface area contributed by atoms with E-state index in [1.807, 2.05) is 25.2 Å². The molecule has 0 fully saturated rings. The minimum absolute atomic E-state index is 0.140. The predicted octanol–water partition coefficient (Wildman–Crippen LogP) is 3.42. The third-order valence-corrected chi connectivity index (χ3v) is 3.48. The van der Waals surface area contributed by atoms with Gasteiger partial charge in [0.15, 0.2) is 0 Å². The van der Waals surface area contributed by atoms with E-state index in [-0.39, 0.29) is 11.6 Å². The van der Waals surface area contributed by atoms with Gasteiger partial charge < -0.3 is 10.1 Å². The lowest BCUT2D eigenvalue weighted by Crippen LogP contribution is -2.41. The van der Waals surface area contributed by atoms with Gasteiger partial charge >= 0.3 is 0 Å². The molecule has 0 radical (unpaired) electrons. The Hall–Kier alpha value is -0.570. The first-order chi connectivity index (χ1) is 7.57. The average molecular weight is 242 g/mol. The number of nitrogens with one attached hydrogen (secondary N) is 1. The Morgan fingerprint density at radius 2 is 2.19 bits per heavy atom. The van der Waals surface area contributed by atoms with Crippen molar-refractivity contribution in [3.05, 3.63) is 34.9 Å². The number of methoxy groups -OCH3 is 1. The average Bonchev–Trinajstić information content (AvgIpc) is 2.30. The lowest BCUT2D eigenvalue weighted by Gasteiger charge is -2.36. The number of halogens is 1. The monoisotopic (exact) mass is 241 g/mol. The molecule has 0 aliphatic rings. The Balaban J connectivity index is 3.06. The van der Waals surface area contributed by atoms with E-state index in [2.05, 4.69) is 25.2 Å². The van der Waals surface area contributed by atoms with Crippen molar-refractivity contribution in [2.24, 2.45) is 0 Å². The molecule has 0 bridgehead atoms. The topological polar surface area (TPSA) is 21.3 Å². The number of likely N-dealkylation sites (N-methyl/N-ethyl adjacent to an activating group) is 1. The number of benzene rings is 1. The van der Waals surface area contributed by atoms with E-state index < -0.39 is 0 Å². The Morgan fingerprint density at radius 1 is 1.50 bits per heavy atom. The fourth-order valence-electron chi connectivity index (χ4n) is 1.98. The van der Waals surface area contributed by atoms with Crippen LogP contribution in [-0.2, 0) is 4.74 Å². The van der Waals surface area contributed by atoms with Crippen LogP contribution >= 0.6 is 11.6 Å². The molecular formula is C13H20ClNO. The molecule has 3 heteroatoms. The zero-order chi connectivity index (χ0) is 12.2. The molecule has 0 aromatic heterocycles. The first kappa shape index (κ1) is 13.5. The molecule has 1 N–H and O–H groups in total. The van der Waals surface area contributed by atoms with Gasteiger partial charge in [0.1, 0.15) is 0 Å². The quantitative estimate of drug-likeness (QED) is 0.853. The fourth-order valence-corrected chi connectivity index (χ4v) is 2.18. The van der Waals surface area contributed by atoms with Crippen LogP contribution in [0.1, 0.15) is 31.9 Å². The summed E-state index contributed by atoms with van der Waals surface area (Å²) in [6, 6.07) is 8.04. The summed E-state index contributed by atoms with van der Waals surface area (Å²) < 4.78 is 5.63. The third-order valence-electron chi connectivity index (χ3n) is 3.25. The molecule has 1 rings (SSSR count). The fraction of sp³-hybridized carbons (Fsp3) is 0.538. The van der Waals surface area contributed by atoms with E-state index in [1.54, 1.807) is 7.11 Å². The Bertz CT molecular complexity index is 336. The number of ether oxygens (including phenoxy) is 1. The largest absolute Gasteiger partial charge is 0.377 e. The van der Waals surface area contributed by atoms with Gasteiger partial charge in [-0.05, 0) is 38.1 Å². The standard InChI is InChI=1S/C13H20ClNO/c1-5-13(2,16-4)12(15-3)10-7-6-8-11(14)9-10/h6-9,12,15H,5H2,1-4H3. The van der Waals surface area contributed by atoms with Crippen LogP contribution in [0, 0.1) is 0 Å². The van der Waals surface area contributed by atoms with Crippen molar-refractivity contribution >= 4 is 11.6 Å². The Morgan fingerprint density at radius 3 is 2.62 bits per heavy atom. The highest BCUT2D eigenvalue weighted by Gasteiger charge is 2.32. The van der Waals surface area contributed by atoms with Gasteiger partial charge in [-0.2, -0.15) is 0 Å². The summed E-state index contributed by atoms with van der Waals surface area (Å²) >= 11 is 6.01. The van der Waals surface area contributed by atoms with Crippen molar-refractivity contribution in [2.45, 2.75) is 31.9 Å². The lowest BCUT2D eigenvalue weighted by molar-refractivity contribution is -0.0280. The minimum atomic E-state index is -0.223.